The molecule has 0 amide bonds. The minimum atomic E-state index is 0.241. The van der Waals surface area contributed by atoms with Crippen LogP contribution in [0.4, 0.5) is 0 Å². The third-order valence-corrected chi connectivity index (χ3v) is 2.02. The fourth-order valence-corrected chi connectivity index (χ4v) is 1.63. The van der Waals surface area contributed by atoms with Crippen LogP contribution in [0.3, 0.4) is 0 Å². The van der Waals surface area contributed by atoms with Gasteiger partial charge in [0, 0.05) is 22.0 Å². The fourth-order valence-electron chi connectivity index (χ4n) is 0.692. The Balaban J connectivity index is 2.66. The van der Waals surface area contributed by atoms with E-state index in [2.05, 4.69) is 30.7 Å². The SMILES string of the molecule is CC(C)(C)Sc1cncnc1. The molecule has 0 N–H and O–H groups in total. The molecule has 0 atom stereocenters. The van der Waals surface area contributed by atoms with Crippen molar-refractivity contribution < 1.29 is 0 Å². The summed E-state index contributed by atoms with van der Waals surface area (Å²) in [5, 5.41) is 0. The number of thioether (sulfide) groups is 1. The van der Waals surface area contributed by atoms with Crippen LogP contribution in [-0.4, -0.2) is 14.7 Å². The summed E-state index contributed by atoms with van der Waals surface area (Å²) < 4.78 is 0.241. The van der Waals surface area contributed by atoms with Crippen LogP contribution in [0.5, 0.6) is 0 Å². The lowest BCUT2D eigenvalue weighted by atomic mass is 10.3. The molecule has 0 fully saturated rings. The topological polar surface area (TPSA) is 25.8 Å². The van der Waals surface area contributed by atoms with Gasteiger partial charge in [0.2, 0.25) is 0 Å². The third-order valence-electron chi connectivity index (χ3n) is 0.961. The Morgan fingerprint density at radius 3 is 2.18 bits per heavy atom. The smallest absolute Gasteiger partial charge is 0.115 e. The number of hydrogen-bond donors (Lipinski definition) is 0. The lowest BCUT2D eigenvalue weighted by molar-refractivity contribution is 0.801. The molecule has 0 unspecified atom stereocenters. The molecule has 1 aromatic heterocycles. The van der Waals surface area contributed by atoms with Crippen LogP contribution in [0.25, 0.3) is 0 Å². The third kappa shape index (κ3) is 3.37. The first-order valence-corrected chi connectivity index (χ1v) is 4.33. The standard InChI is InChI=1S/C8H12N2S/c1-8(2,3)11-7-4-9-6-10-5-7/h4-6H,1-3H3. The van der Waals surface area contributed by atoms with Crippen LogP contribution in [0, 0.1) is 0 Å². The molecule has 0 saturated carbocycles. The first-order valence-electron chi connectivity index (χ1n) is 3.52. The Morgan fingerprint density at radius 1 is 1.18 bits per heavy atom. The van der Waals surface area contributed by atoms with E-state index in [4.69, 9.17) is 0 Å². The first-order chi connectivity index (χ1) is 5.08. The summed E-state index contributed by atoms with van der Waals surface area (Å²) in [6.45, 7) is 6.51. The van der Waals surface area contributed by atoms with Crippen LogP contribution >= 0.6 is 11.8 Å². The van der Waals surface area contributed by atoms with Gasteiger partial charge in [-0.05, 0) is 0 Å². The van der Waals surface area contributed by atoms with E-state index in [1.54, 1.807) is 18.1 Å². The second-order valence-corrected chi connectivity index (χ2v) is 5.19. The monoisotopic (exact) mass is 168 g/mol. The minimum absolute atomic E-state index is 0.241. The van der Waals surface area contributed by atoms with Crippen molar-refractivity contribution in [3.05, 3.63) is 18.7 Å². The van der Waals surface area contributed by atoms with Gasteiger partial charge in [-0.3, -0.25) is 0 Å². The van der Waals surface area contributed by atoms with Gasteiger partial charge in [0.25, 0.3) is 0 Å². The second-order valence-electron chi connectivity index (χ2n) is 3.29. The molecule has 0 aliphatic rings. The Hall–Kier alpha value is -0.570. The summed E-state index contributed by atoms with van der Waals surface area (Å²) in [6.07, 6.45) is 5.22. The number of nitrogens with zero attached hydrogens (tertiary/aromatic N) is 2. The number of hydrogen-bond acceptors (Lipinski definition) is 3. The zero-order chi connectivity index (χ0) is 8.32. The Morgan fingerprint density at radius 2 is 1.73 bits per heavy atom. The van der Waals surface area contributed by atoms with Gasteiger partial charge in [-0.2, -0.15) is 0 Å². The van der Waals surface area contributed by atoms with Crippen LogP contribution in [0.1, 0.15) is 20.8 Å². The molecular formula is C8H12N2S. The second kappa shape index (κ2) is 3.22. The molecule has 1 rings (SSSR count). The molecule has 60 valence electrons. The van der Waals surface area contributed by atoms with Crippen molar-refractivity contribution in [3.63, 3.8) is 0 Å². The maximum atomic E-state index is 3.94. The maximum Gasteiger partial charge on any atom is 0.115 e. The van der Waals surface area contributed by atoms with Gasteiger partial charge in [0.1, 0.15) is 6.33 Å². The zero-order valence-electron chi connectivity index (χ0n) is 7.03. The number of rotatable bonds is 1. The van der Waals surface area contributed by atoms with Crippen molar-refractivity contribution in [2.75, 3.05) is 0 Å². The summed E-state index contributed by atoms with van der Waals surface area (Å²) in [5.74, 6) is 0. The summed E-state index contributed by atoms with van der Waals surface area (Å²) in [5.41, 5.74) is 0. The molecule has 11 heavy (non-hydrogen) atoms. The lowest BCUT2D eigenvalue weighted by Crippen LogP contribution is -2.06. The molecule has 2 nitrogen and oxygen atoms in total. The maximum absolute atomic E-state index is 3.94. The molecule has 1 aromatic rings. The van der Waals surface area contributed by atoms with Crippen molar-refractivity contribution >= 4 is 11.8 Å². The van der Waals surface area contributed by atoms with E-state index < -0.39 is 0 Å². The molecule has 0 aliphatic heterocycles. The lowest BCUT2D eigenvalue weighted by Gasteiger charge is -2.16. The molecule has 0 radical (unpaired) electrons. The van der Waals surface area contributed by atoms with Gasteiger partial charge in [-0.15, -0.1) is 11.8 Å². The van der Waals surface area contributed by atoms with Gasteiger partial charge < -0.3 is 0 Å². The normalized spacial score (nSPS) is 11.5. The molecule has 3 heteroatoms. The van der Waals surface area contributed by atoms with E-state index in [1.165, 1.54) is 0 Å². The van der Waals surface area contributed by atoms with Crippen molar-refractivity contribution in [3.8, 4) is 0 Å². The summed E-state index contributed by atoms with van der Waals surface area (Å²) >= 11 is 1.78. The largest absolute Gasteiger partial charge is 0.244 e. The van der Waals surface area contributed by atoms with E-state index >= 15 is 0 Å². The molecule has 0 aliphatic carbocycles. The van der Waals surface area contributed by atoms with Crippen molar-refractivity contribution in [2.45, 2.75) is 30.4 Å². The first kappa shape index (κ1) is 8.53. The van der Waals surface area contributed by atoms with Crippen molar-refractivity contribution in [1.29, 1.82) is 0 Å². The van der Waals surface area contributed by atoms with Gasteiger partial charge in [-0.1, -0.05) is 20.8 Å². The summed E-state index contributed by atoms with van der Waals surface area (Å²) in [6, 6.07) is 0. The van der Waals surface area contributed by atoms with E-state index in [-0.39, 0.29) is 4.75 Å². The Kier molecular flexibility index (Phi) is 2.49. The summed E-state index contributed by atoms with van der Waals surface area (Å²) in [4.78, 5) is 9.00. The molecule has 0 saturated heterocycles. The quantitative estimate of drug-likeness (QED) is 0.602. The van der Waals surface area contributed by atoms with Crippen molar-refractivity contribution in [1.82, 2.24) is 9.97 Å². The van der Waals surface area contributed by atoms with E-state index in [1.807, 2.05) is 12.4 Å². The van der Waals surface area contributed by atoms with Crippen LogP contribution < -0.4 is 0 Å². The molecule has 0 bridgehead atoms. The zero-order valence-corrected chi connectivity index (χ0v) is 7.85. The van der Waals surface area contributed by atoms with Crippen LogP contribution in [-0.2, 0) is 0 Å². The molecular weight excluding hydrogens is 156 g/mol. The highest BCUT2D eigenvalue weighted by Crippen LogP contribution is 2.30. The Bertz CT molecular complexity index is 215. The van der Waals surface area contributed by atoms with Crippen LogP contribution in [0.2, 0.25) is 0 Å². The molecule has 0 spiro atoms. The van der Waals surface area contributed by atoms with Gasteiger partial charge in [-0.25, -0.2) is 9.97 Å². The van der Waals surface area contributed by atoms with Crippen LogP contribution in [0.15, 0.2) is 23.6 Å². The highest BCUT2D eigenvalue weighted by molar-refractivity contribution is 8.00. The van der Waals surface area contributed by atoms with E-state index in [0.717, 1.165) is 4.90 Å². The average molecular weight is 168 g/mol. The van der Waals surface area contributed by atoms with E-state index in [0.29, 0.717) is 0 Å². The fraction of sp³-hybridized carbons (Fsp3) is 0.500. The predicted octanol–water partition coefficient (Wildman–Crippen LogP) is 2.37. The Labute approximate surface area is 71.5 Å². The summed E-state index contributed by atoms with van der Waals surface area (Å²) in [7, 11) is 0. The van der Waals surface area contributed by atoms with Gasteiger partial charge in [0.15, 0.2) is 0 Å². The molecule has 1 heterocycles. The average Bonchev–Trinajstić information content (AvgIpc) is 1.85. The van der Waals surface area contributed by atoms with Gasteiger partial charge in [0.05, 0.1) is 0 Å². The number of aromatic nitrogens is 2. The molecule has 0 aromatic carbocycles. The minimum Gasteiger partial charge on any atom is -0.244 e. The van der Waals surface area contributed by atoms with E-state index in [9.17, 15) is 0 Å². The van der Waals surface area contributed by atoms with Gasteiger partial charge >= 0.3 is 0 Å². The highest BCUT2D eigenvalue weighted by atomic mass is 32.2. The highest BCUT2D eigenvalue weighted by Gasteiger charge is 2.11. The van der Waals surface area contributed by atoms with Crippen molar-refractivity contribution in [2.24, 2.45) is 0 Å². The predicted molar refractivity (Wildman–Crippen MR) is 47.6 cm³/mol.